The molecular weight excluding hydrogens is 300 g/mol. The summed E-state index contributed by atoms with van der Waals surface area (Å²) in [6.07, 6.45) is 3.75. The highest BCUT2D eigenvalue weighted by molar-refractivity contribution is 7.16. The zero-order chi connectivity index (χ0) is 15.1. The van der Waals surface area contributed by atoms with Gasteiger partial charge in [0.2, 0.25) is 4.96 Å². The third kappa shape index (κ3) is 2.12. The average molecular weight is 316 g/mol. The third-order valence-electron chi connectivity index (χ3n) is 4.07. The summed E-state index contributed by atoms with van der Waals surface area (Å²) in [6.45, 7) is 0. The van der Waals surface area contributed by atoms with Gasteiger partial charge in [0, 0.05) is 17.5 Å². The first-order valence-electron chi connectivity index (χ1n) is 7.24. The van der Waals surface area contributed by atoms with Crippen molar-refractivity contribution in [2.24, 2.45) is 0 Å². The van der Waals surface area contributed by atoms with Gasteiger partial charge >= 0.3 is 0 Å². The Morgan fingerprint density at radius 3 is 2.41 bits per heavy atom. The van der Waals surface area contributed by atoms with Gasteiger partial charge in [0.1, 0.15) is 16.5 Å². The van der Waals surface area contributed by atoms with Crippen LogP contribution in [0.25, 0.3) is 16.3 Å². The van der Waals surface area contributed by atoms with Crippen molar-refractivity contribution < 1.29 is 9.47 Å². The van der Waals surface area contributed by atoms with Gasteiger partial charge in [-0.25, -0.2) is 0 Å². The van der Waals surface area contributed by atoms with Crippen LogP contribution in [0.15, 0.2) is 18.2 Å². The van der Waals surface area contributed by atoms with E-state index in [4.69, 9.17) is 14.6 Å². The second-order valence-electron chi connectivity index (χ2n) is 5.39. The van der Waals surface area contributed by atoms with E-state index in [0.29, 0.717) is 11.7 Å². The monoisotopic (exact) mass is 316 g/mol. The summed E-state index contributed by atoms with van der Waals surface area (Å²) in [5.41, 5.74) is 0.883. The minimum Gasteiger partial charge on any atom is -0.497 e. The Balaban J connectivity index is 1.81. The highest BCUT2D eigenvalue weighted by Crippen LogP contribution is 2.39. The van der Waals surface area contributed by atoms with Gasteiger partial charge in [0.05, 0.1) is 14.2 Å². The van der Waals surface area contributed by atoms with Gasteiger partial charge in [-0.3, -0.25) is 0 Å². The number of benzene rings is 1. The van der Waals surface area contributed by atoms with Gasteiger partial charge in [-0.2, -0.15) is 9.61 Å². The molecule has 1 fully saturated rings. The fourth-order valence-electron chi connectivity index (χ4n) is 2.57. The van der Waals surface area contributed by atoms with Crippen LogP contribution in [0, 0.1) is 0 Å². The first kappa shape index (κ1) is 13.5. The van der Waals surface area contributed by atoms with E-state index >= 15 is 0 Å². The van der Waals surface area contributed by atoms with Crippen LogP contribution < -0.4 is 9.47 Å². The molecule has 0 N–H and O–H groups in total. The van der Waals surface area contributed by atoms with E-state index in [9.17, 15) is 0 Å². The molecule has 1 aromatic carbocycles. The first-order valence-corrected chi connectivity index (χ1v) is 8.05. The van der Waals surface area contributed by atoms with Crippen LogP contribution in [-0.4, -0.2) is 34.0 Å². The van der Waals surface area contributed by atoms with Crippen LogP contribution in [-0.2, 0) is 0 Å². The number of hydrogen-bond donors (Lipinski definition) is 0. The summed E-state index contributed by atoms with van der Waals surface area (Å²) in [5, 5.41) is 14.4. The van der Waals surface area contributed by atoms with E-state index < -0.39 is 0 Å². The predicted octanol–water partition coefficient (Wildman–Crippen LogP) is 3.14. The number of fused-ring (bicyclic) bond motifs is 1. The van der Waals surface area contributed by atoms with Gasteiger partial charge in [-0.15, -0.1) is 10.2 Å². The summed E-state index contributed by atoms with van der Waals surface area (Å²) < 4.78 is 12.5. The minimum atomic E-state index is 0.597. The van der Waals surface area contributed by atoms with E-state index in [-0.39, 0.29) is 0 Å². The normalized spacial score (nSPS) is 15.0. The number of nitrogens with zero attached hydrogens (tertiary/aromatic N) is 4. The SMILES string of the molecule is COc1cc(OC)cc(-c2nnc3sc(C4CCC4)nn23)c1. The average Bonchev–Trinajstić information content (AvgIpc) is 3.05. The predicted molar refractivity (Wildman–Crippen MR) is 83.8 cm³/mol. The lowest BCUT2D eigenvalue weighted by atomic mass is 9.86. The standard InChI is InChI=1S/C15H16N4O2S/c1-20-11-6-10(7-12(8-11)21-2)13-16-17-15-19(13)18-14(22-15)9-4-3-5-9/h6-9H,3-5H2,1-2H3. The van der Waals surface area contributed by atoms with E-state index in [1.54, 1.807) is 25.6 Å². The van der Waals surface area contributed by atoms with Crippen LogP contribution in [0.4, 0.5) is 0 Å². The Morgan fingerprint density at radius 1 is 1.09 bits per heavy atom. The van der Waals surface area contributed by atoms with Gasteiger partial charge < -0.3 is 9.47 Å². The molecule has 0 bridgehead atoms. The molecule has 1 aliphatic carbocycles. The maximum absolute atomic E-state index is 5.32. The fraction of sp³-hybridized carbons (Fsp3) is 0.400. The molecule has 0 aliphatic heterocycles. The summed E-state index contributed by atoms with van der Waals surface area (Å²) in [5.74, 6) is 2.76. The van der Waals surface area contributed by atoms with Crippen LogP contribution in [0.1, 0.15) is 30.2 Å². The van der Waals surface area contributed by atoms with Gasteiger partial charge in [-0.05, 0) is 25.0 Å². The lowest BCUT2D eigenvalue weighted by Gasteiger charge is -2.21. The zero-order valence-corrected chi connectivity index (χ0v) is 13.3. The van der Waals surface area contributed by atoms with E-state index in [0.717, 1.165) is 27.0 Å². The summed E-state index contributed by atoms with van der Waals surface area (Å²) in [7, 11) is 3.27. The number of aromatic nitrogens is 4. The van der Waals surface area contributed by atoms with E-state index in [1.807, 2.05) is 22.7 Å². The zero-order valence-electron chi connectivity index (χ0n) is 12.4. The highest BCUT2D eigenvalue weighted by Gasteiger charge is 2.25. The molecule has 4 rings (SSSR count). The minimum absolute atomic E-state index is 0.597. The Labute approximate surface area is 131 Å². The maximum Gasteiger partial charge on any atom is 0.234 e. The molecule has 0 atom stereocenters. The second kappa shape index (κ2) is 5.24. The quantitative estimate of drug-likeness (QED) is 0.740. The van der Waals surface area contributed by atoms with Gasteiger partial charge in [0.25, 0.3) is 0 Å². The Bertz CT molecular complexity index is 800. The molecule has 0 unspecified atom stereocenters. The molecular formula is C15H16N4O2S. The summed E-state index contributed by atoms with van der Waals surface area (Å²) >= 11 is 1.63. The molecule has 7 heteroatoms. The molecule has 3 aromatic rings. The molecule has 6 nitrogen and oxygen atoms in total. The molecule has 0 amide bonds. The van der Waals surface area contributed by atoms with Crippen molar-refractivity contribution in [3.63, 3.8) is 0 Å². The molecule has 0 spiro atoms. The largest absolute Gasteiger partial charge is 0.497 e. The number of ether oxygens (including phenoxy) is 2. The maximum atomic E-state index is 5.32. The van der Waals surface area contributed by atoms with E-state index in [1.165, 1.54) is 19.3 Å². The lowest BCUT2D eigenvalue weighted by molar-refractivity contribution is 0.394. The number of rotatable bonds is 4. The Hall–Kier alpha value is -2.15. The second-order valence-corrected chi connectivity index (χ2v) is 6.38. The molecule has 1 aliphatic rings. The Morgan fingerprint density at radius 2 is 1.82 bits per heavy atom. The highest BCUT2D eigenvalue weighted by atomic mass is 32.1. The fourth-order valence-corrected chi connectivity index (χ4v) is 3.58. The van der Waals surface area contributed by atoms with Gasteiger partial charge in [-0.1, -0.05) is 17.8 Å². The molecule has 114 valence electrons. The lowest BCUT2D eigenvalue weighted by Crippen LogP contribution is -2.08. The Kier molecular flexibility index (Phi) is 3.22. The van der Waals surface area contributed by atoms with Crippen molar-refractivity contribution >= 4 is 16.3 Å². The van der Waals surface area contributed by atoms with Crippen LogP contribution >= 0.6 is 11.3 Å². The van der Waals surface area contributed by atoms with Crippen molar-refractivity contribution in [2.75, 3.05) is 14.2 Å². The summed E-state index contributed by atoms with van der Waals surface area (Å²) in [6, 6.07) is 5.67. The number of hydrogen-bond acceptors (Lipinski definition) is 6. The molecule has 0 saturated heterocycles. The third-order valence-corrected chi connectivity index (χ3v) is 5.13. The van der Waals surface area contributed by atoms with Crippen LogP contribution in [0.3, 0.4) is 0 Å². The van der Waals surface area contributed by atoms with Crippen molar-refractivity contribution in [3.8, 4) is 22.9 Å². The van der Waals surface area contributed by atoms with Crippen molar-refractivity contribution in [1.29, 1.82) is 0 Å². The van der Waals surface area contributed by atoms with E-state index in [2.05, 4.69) is 10.2 Å². The topological polar surface area (TPSA) is 61.5 Å². The molecule has 22 heavy (non-hydrogen) atoms. The molecule has 2 aromatic heterocycles. The van der Waals surface area contributed by atoms with Crippen molar-refractivity contribution in [2.45, 2.75) is 25.2 Å². The molecule has 0 radical (unpaired) electrons. The smallest absolute Gasteiger partial charge is 0.234 e. The van der Waals surface area contributed by atoms with Crippen molar-refractivity contribution in [3.05, 3.63) is 23.2 Å². The number of methoxy groups -OCH3 is 2. The summed E-state index contributed by atoms with van der Waals surface area (Å²) in [4.78, 5) is 0.832. The molecule has 1 saturated carbocycles. The van der Waals surface area contributed by atoms with Crippen LogP contribution in [0.5, 0.6) is 11.5 Å². The van der Waals surface area contributed by atoms with Crippen molar-refractivity contribution in [1.82, 2.24) is 19.8 Å². The van der Waals surface area contributed by atoms with Gasteiger partial charge in [0.15, 0.2) is 5.82 Å². The molecule has 2 heterocycles. The first-order chi connectivity index (χ1) is 10.8. The van der Waals surface area contributed by atoms with Crippen LogP contribution in [0.2, 0.25) is 0 Å².